The third-order valence-corrected chi connectivity index (χ3v) is 5.00. The molecule has 2 aromatic rings. The van der Waals surface area contributed by atoms with Crippen LogP contribution in [0.25, 0.3) is 0 Å². The molecule has 0 bridgehead atoms. The number of nitro groups is 1. The quantitative estimate of drug-likeness (QED) is 0.547. The number of nitrogens with zero attached hydrogens (tertiary/aromatic N) is 3. The highest BCUT2D eigenvalue weighted by Crippen LogP contribution is 2.29. The number of benzene rings is 2. The summed E-state index contributed by atoms with van der Waals surface area (Å²) in [6.07, 6.45) is 0. The minimum absolute atomic E-state index is 0.114. The fraction of sp³-hybridized carbons (Fsp3) is 0.350. The lowest BCUT2D eigenvalue weighted by Crippen LogP contribution is -2.48. The van der Waals surface area contributed by atoms with Crippen LogP contribution in [0.1, 0.15) is 6.92 Å². The van der Waals surface area contributed by atoms with Crippen molar-refractivity contribution in [3.8, 4) is 5.75 Å². The van der Waals surface area contributed by atoms with Crippen LogP contribution < -0.4 is 15.0 Å². The van der Waals surface area contributed by atoms with E-state index in [4.69, 9.17) is 16.3 Å². The third-order valence-electron chi connectivity index (χ3n) is 4.68. The Morgan fingerprint density at radius 3 is 2.59 bits per heavy atom. The number of piperazine rings is 1. The zero-order valence-electron chi connectivity index (χ0n) is 16.1. The molecule has 1 heterocycles. The number of amides is 1. The van der Waals surface area contributed by atoms with Crippen molar-refractivity contribution in [2.24, 2.45) is 0 Å². The average Bonchev–Trinajstić information content (AvgIpc) is 2.71. The smallest absolute Gasteiger partial charge is 0.271 e. The van der Waals surface area contributed by atoms with Gasteiger partial charge in [0.1, 0.15) is 5.75 Å². The molecule has 2 aromatic carbocycles. The zero-order chi connectivity index (χ0) is 20.8. The first-order valence-corrected chi connectivity index (χ1v) is 9.78. The summed E-state index contributed by atoms with van der Waals surface area (Å²) in [7, 11) is 0. The molecular weight excluding hydrogens is 396 g/mol. The van der Waals surface area contributed by atoms with Gasteiger partial charge < -0.3 is 15.0 Å². The number of hydrogen-bond donors (Lipinski definition) is 1. The summed E-state index contributed by atoms with van der Waals surface area (Å²) in [5.41, 5.74) is 1.32. The minimum Gasteiger partial charge on any atom is -0.492 e. The van der Waals surface area contributed by atoms with Crippen molar-refractivity contribution in [1.82, 2.24) is 4.90 Å². The number of rotatable bonds is 7. The number of halogens is 1. The molecule has 0 spiro atoms. The van der Waals surface area contributed by atoms with Crippen molar-refractivity contribution in [3.05, 3.63) is 57.6 Å². The molecule has 9 heteroatoms. The van der Waals surface area contributed by atoms with Gasteiger partial charge >= 0.3 is 0 Å². The van der Waals surface area contributed by atoms with Crippen LogP contribution in [0.3, 0.4) is 0 Å². The lowest BCUT2D eigenvalue weighted by atomic mass is 10.2. The Bertz CT molecular complexity index is 885. The maximum atomic E-state index is 12.4. The first-order chi connectivity index (χ1) is 14.0. The number of ether oxygens (including phenoxy) is 1. The predicted octanol–water partition coefficient (Wildman–Crippen LogP) is 3.41. The summed E-state index contributed by atoms with van der Waals surface area (Å²) in [4.78, 5) is 26.9. The van der Waals surface area contributed by atoms with E-state index in [1.165, 1.54) is 18.2 Å². The van der Waals surface area contributed by atoms with E-state index in [9.17, 15) is 14.9 Å². The standard InChI is InChI=1S/C20H23ClN4O4/c1-2-29-19-6-4-3-5-18(19)24-11-9-23(10-12-24)14-20(26)22-17-8-7-15(25(27)28)13-16(17)21/h3-8,13H,2,9-12,14H2,1H3,(H,22,26). The first kappa shape index (κ1) is 20.9. The molecule has 1 N–H and O–H groups in total. The lowest BCUT2D eigenvalue weighted by Gasteiger charge is -2.36. The number of nitrogens with one attached hydrogen (secondary N) is 1. The Balaban J connectivity index is 1.53. The Hall–Kier alpha value is -2.84. The molecule has 1 saturated heterocycles. The molecule has 1 aliphatic rings. The van der Waals surface area contributed by atoms with Gasteiger partial charge in [-0.15, -0.1) is 0 Å². The summed E-state index contributed by atoms with van der Waals surface area (Å²) >= 11 is 6.04. The minimum atomic E-state index is -0.527. The van der Waals surface area contributed by atoms with Gasteiger partial charge in [-0.05, 0) is 25.1 Å². The molecule has 154 valence electrons. The topological polar surface area (TPSA) is 88.0 Å². The van der Waals surface area contributed by atoms with E-state index in [1.807, 2.05) is 31.2 Å². The molecule has 0 radical (unpaired) electrons. The van der Waals surface area contributed by atoms with Gasteiger partial charge in [-0.25, -0.2) is 0 Å². The Morgan fingerprint density at radius 1 is 1.21 bits per heavy atom. The van der Waals surface area contributed by atoms with Crippen molar-refractivity contribution >= 4 is 34.6 Å². The van der Waals surface area contributed by atoms with Gasteiger partial charge in [-0.3, -0.25) is 19.8 Å². The van der Waals surface area contributed by atoms with E-state index in [0.717, 1.165) is 37.6 Å². The number of carbonyl (C=O) groups is 1. The van der Waals surface area contributed by atoms with Gasteiger partial charge in [0.05, 0.1) is 34.5 Å². The predicted molar refractivity (Wildman–Crippen MR) is 113 cm³/mol. The second kappa shape index (κ2) is 9.58. The molecule has 0 atom stereocenters. The molecular formula is C20H23ClN4O4. The highest BCUT2D eigenvalue weighted by molar-refractivity contribution is 6.34. The van der Waals surface area contributed by atoms with Gasteiger partial charge in [0.15, 0.2) is 0 Å². The van der Waals surface area contributed by atoms with E-state index < -0.39 is 4.92 Å². The van der Waals surface area contributed by atoms with Crippen LogP contribution in [0.5, 0.6) is 5.75 Å². The maximum absolute atomic E-state index is 12.4. The molecule has 0 aromatic heterocycles. The molecule has 1 fully saturated rings. The highest BCUT2D eigenvalue weighted by atomic mass is 35.5. The molecule has 0 saturated carbocycles. The third kappa shape index (κ3) is 5.36. The molecule has 3 rings (SSSR count). The van der Waals surface area contributed by atoms with E-state index in [0.29, 0.717) is 12.3 Å². The summed E-state index contributed by atoms with van der Waals surface area (Å²) in [6, 6.07) is 11.9. The summed E-state index contributed by atoms with van der Waals surface area (Å²) in [6.45, 7) is 5.86. The van der Waals surface area contributed by atoms with E-state index in [-0.39, 0.29) is 23.2 Å². The number of hydrogen-bond acceptors (Lipinski definition) is 6. The SMILES string of the molecule is CCOc1ccccc1N1CCN(CC(=O)Nc2ccc([N+](=O)[O-])cc2Cl)CC1. The van der Waals surface area contributed by atoms with Gasteiger partial charge in [0, 0.05) is 38.3 Å². The molecule has 1 aliphatic heterocycles. The zero-order valence-corrected chi connectivity index (χ0v) is 16.9. The fourth-order valence-corrected chi connectivity index (χ4v) is 3.48. The monoisotopic (exact) mass is 418 g/mol. The Kier molecular flexibility index (Phi) is 6.90. The summed E-state index contributed by atoms with van der Waals surface area (Å²) in [5, 5.41) is 13.6. The van der Waals surface area contributed by atoms with Gasteiger partial charge in [0.25, 0.3) is 5.69 Å². The van der Waals surface area contributed by atoms with Gasteiger partial charge in [0.2, 0.25) is 5.91 Å². The van der Waals surface area contributed by atoms with Crippen LogP contribution in [0.15, 0.2) is 42.5 Å². The average molecular weight is 419 g/mol. The number of non-ortho nitro benzene ring substituents is 1. The lowest BCUT2D eigenvalue weighted by molar-refractivity contribution is -0.384. The van der Waals surface area contributed by atoms with E-state index in [1.54, 1.807) is 0 Å². The molecule has 1 amide bonds. The second-order valence-corrected chi connectivity index (χ2v) is 7.04. The van der Waals surface area contributed by atoms with Crippen molar-refractivity contribution in [2.75, 3.05) is 49.5 Å². The van der Waals surface area contributed by atoms with E-state index in [2.05, 4.69) is 15.1 Å². The van der Waals surface area contributed by atoms with Crippen LogP contribution in [0, 0.1) is 10.1 Å². The van der Waals surface area contributed by atoms with Crippen LogP contribution in [-0.2, 0) is 4.79 Å². The normalized spacial score (nSPS) is 14.5. The second-order valence-electron chi connectivity index (χ2n) is 6.63. The van der Waals surface area contributed by atoms with Crippen molar-refractivity contribution in [2.45, 2.75) is 6.92 Å². The maximum Gasteiger partial charge on any atom is 0.271 e. The van der Waals surface area contributed by atoms with Gasteiger partial charge in [-0.1, -0.05) is 23.7 Å². The largest absolute Gasteiger partial charge is 0.492 e. The number of para-hydroxylation sites is 2. The first-order valence-electron chi connectivity index (χ1n) is 9.41. The van der Waals surface area contributed by atoms with Crippen molar-refractivity contribution in [3.63, 3.8) is 0 Å². The van der Waals surface area contributed by atoms with Crippen LogP contribution in [-0.4, -0.2) is 55.1 Å². The molecule has 0 unspecified atom stereocenters. The Morgan fingerprint density at radius 2 is 1.93 bits per heavy atom. The van der Waals surface area contributed by atoms with Crippen molar-refractivity contribution in [1.29, 1.82) is 0 Å². The number of nitro benzene ring substituents is 1. The van der Waals surface area contributed by atoms with Crippen LogP contribution in [0.4, 0.5) is 17.1 Å². The summed E-state index contributed by atoms with van der Waals surface area (Å²) < 4.78 is 5.71. The Labute approximate surface area is 174 Å². The molecule has 8 nitrogen and oxygen atoms in total. The van der Waals surface area contributed by atoms with Crippen LogP contribution in [0.2, 0.25) is 5.02 Å². The van der Waals surface area contributed by atoms with Crippen molar-refractivity contribution < 1.29 is 14.5 Å². The number of anilines is 2. The molecule has 29 heavy (non-hydrogen) atoms. The number of carbonyl (C=O) groups excluding carboxylic acids is 1. The van der Waals surface area contributed by atoms with Gasteiger partial charge in [-0.2, -0.15) is 0 Å². The van der Waals surface area contributed by atoms with Crippen LogP contribution >= 0.6 is 11.6 Å². The molecule has 0 aliphatic carbocycles. The fourth-order valence-electron chi connectivity index (χ4n) is 3.25. The van der Waals surface area contributed by atoms with E-state index >= 15 is 0 Å². The summed E-state index contributed by atoms with van der Waals surface area (Å²) in [5.74, 6) is 0.665. The highest BCUT2D eigenvalue weighted by Gasteiger charge is 2.21.